The van der Waals surface area contributed by atoms with Gasteiger partial charge < -0.3 is 10.6 Å². The number of benzene rings is 1. The second-order valence-electron chi connectivity index (χ2n) is 5.28. The highest BCUT2D eigenvalue weighted by Crippen LogP contribution is 2.18. The second kappa shape index (κ2) is 7.20. The number of urea groups is 1. The van der Waals surface area contributed by atoms with Gasteiger partial charge in [-0.05, 0) is 18.6 Å². The van der Waals surface area contributed by atoms with E-state index in [-0.39, 0.29) is 0 Å². The van der Waals surface area contributed by atoms with E-state index in [4.69, 9.17) is 0 Å². The molecule has 0 aliphatic rings. The molecule has 0 radical (unpaired) electrons. The van der Waals surface area contributed by atoms with Crippen LogP contribution in [-0.4, -0.2) is 27.2 Å². The summed E-state index contributed by atoms with van der Waals surface area (Å²) in [4.78, 5) is 11.7. The van der Waals surface area contributed by atoms with Gasteiger partial charge in [0.2, 0.25) is 0 Å². The van der Waals surface area contributed by atoms with Crippen LogP contribution in [0.1, 0.15) is 12.2 Å². The highest BCUT2D eigenvalue weighted by Gasteiger charge is 2.12. The van der Waals surface area contributed by atoms with Gasteiger partial charge in [0.1, 0.15) is 11.6 Å². The zero-order valence-corrected chi connectivity index (χ0v) is 13.0. The smallest absolute Gasteiger partial charge is 0.319 e. The first-order chi connectivity index (χ1) is 12.0. The molecule has 0 saturated heterocycles. The van der Waals surface area contributed by atoms with Gasteiger partial charge in [-0.15, -0.1) is 10.2 Å². The van der Waals surface area contributed by atoms with Crippen LogP contribution in [0.5, 0.6) is 0 Å². The molecule has 0 aliphatic carbocycles. The predicted octanol–water partition coefficient (Wildman–Crippen LogP) is 2.90. The number of halogens is 3. The molecule has 2 aromatic heterocycles. The lowest BCUT2D eigenvalue weighted by Gasteiger charge is -2.08. The number of nitrogens with one attached hydrogen (secondary N) is 2. The molecule has 1 aromatic carbocycles. The summed E-state index contributed by atoms with van der Waals surface area (Å²) in [6, 6.07) is 5.81. The standard InChI is InChI=1S/C16H14F3N5O/c17-10-8-12(19)13(9-11(10)18)21-16(25)20-6-3-5-15-23-22-14-4-1-2-7-24(14)15/h1-2,4,7-9H,3,5-6H2,(H2,20,21,25). The van der Waals surface area contributed by atoms with Crippen LogP contribution in [-0.2, 0) is 6.42 Å². The summed E-state index contributed by atoms with van der Waals surface area (Å²) in [5.41, 5.74) is 0.303. The zero-order valence-electron chi connectivity index (χ0n) is 13.0. The van der Waals surface area contributed by atoms with Crippen molar-refractivity contribution >= 4 is 17.4 Å². The van der Waals surface area contributed by atoms with Crippen LogP contribution >= 0.6 is 0 Å². The first kappa shape index (κ1) is 16.7. The SMILES string of the molecule is O=C(NCCCc1nnc2ccccn12)Nc1cc(F)c(F)cc1F. The van der Waals surface area contributed by atoms with Crippen molar-refractivity contribution in [3.05, 3.63) is 59.8 Å². The third-order valence-corrected chi connectivity index (χ3v) is 3.51. The van der Waals surface area contributed by atoms with E-state index in [2.05, 4.69) is 20.8 Å². The van der Waals surface area contributed by atoms with E-state index in [1.807, 2.05) is 28.8 Å². The molecule has 130 valence electrons. The Kier molecular flexibility index (Phi) is 4.82. The summed E-state index contributed by atoms with van der Waals surface area (Å²) in [6.45, 7) is 0.291. The number of aromatic nitrogens is 3. The lowest BCUT2D eigenvalue weighted by Crippen LogP contribution is -2.30. The lowest BCUT2D eigenvalue weighted by molar-refractivity contribution is 0.252. The maximum atomic E-state index is 13.4. The van der Waals surface area contributed by atoms with Gasteiger partial charge in [0.15, 0.2) is 17.3 Å². The van der Waals surface area contributed by atoms with Crippen LogP contribution in [0.2, 0.25) is 0 Å². The summed E-state index contributed by atoms with van der Waals surface area (Å²) in [5.74, 6) is -2.85. The number of hydrogen-bond donors (Lipinski definition) is 2. The third-order valence-electron chi connectivity index (χ3n) is 3.51. The molecule has 0 aliphatic heterocycles. The first-order valence-electron chi connectivity index (χ1n) is 7.52. The first-order valence-corrected chi connectivity index (χ1v) is 7.52. The summed E-state index contributed by atoms with van der Waals surface area (Å²) in [6.07, 6.45) is 2.99. The molecule has 0 atom stereocenters. The fourth-order valence-corrected chi connectivity index (χ4v) is 2.29. The van der Waals surface area contributed by atoms with E-state index < -0.39 is 29.2 Å². The van der Waals surface area contributed by atoms with Gasteiger partial charge in [-0.2, -0.15) is 0 Å². The van der Waals surface area contributed by atoms with E-state index in [1.54, 1.807) is 0 Å². The molecule has 2 heterocycles. The quantitative estimate of drug-likeness (QED) is 0.550. The van der Waals surface area contributed by atoms with Crippen LogP contribution in [0.25, 0.3) is 5.65 Å². The van der Waals surface area contributed by atoms with Crippen LogP contribution in [0.4, 0.5) is 23.7 Å². The highest BCUT2D eigenvalue weighted by molar-refractivity contribution is 5.89. The van der Waals surface area contributed by atoms with Crippen LogP contribution in [0.15, 0.2) is 36.5 Å². The Balaban J connectivity index is 1.49. The van der Waals surface area contributed by atoms with E-state index in [0.29, 0.717) is 31.5 Å². The maximum Gasteiger partial charge on any atom is 0.319 e. The molecule has 3 aromatic rings. The Labute approximate surface area is 140 Å². The molecule has 0 bridgehead atoms. The monoisotopic (exact) mass is 349 g/mol. The molecular weight excluding hydrogens is 335 g/mol. The largest absolute Gasteiger partial charge is 0.338 e. The Morgan fingerprint density at radius 3 is 2.72 bits per heavy atom. The number of anilines is 1. The summed E-state index contributed by atoms with van der Waals surface area (Å²) >= 11 is 0. The van der Waals surface area contributed by atoms with Crippen LogP contribution in [0, 0.1) is 17.5 Å². The number of carbonyl (C=O) groups is 1. The van der Waals surface area contributed by atoms with Crippen molar-refractivity contribution in [2.24, 2.45) is 0 Å². The van der Waals surface area contributed by atoms with Crippen LogP contribution in [0.3, 0.4) is 0 Å². The molecular formula is C16H14F3N5O. The van der Waals surface area contributed by atoms with Crippen molar-refractivity contribution < 1.29 is 18.0 Å². The fourth-order valence-electron chi connectivity index (χ4n) is 2.29. The molecule has 9 heteroatoms. The summed E-state index contributed by atoms with van der Waals surface area (Å²) < 4.78 is 41.2. The van der Waals surface area contributed by atoms with Crippen molar-refractivity contribution in [1.29, 1.82) is 0 Å². The molecule has 6 nitrogen and oxygen atoms in total. The van der Waals surface area contributed by atoms with E-state index in [9.17, 15) is 18.0 Å². The molecule has 2 N–H and O–H groups in total. The molecule has 25 heavy (non-hydrogen) atoms. The third kappa shape index (κ3) is 3.87. The normalized spacial score (nSPS) is 10.8. The maximum absolute atomic E-state index is 13.4. The number of aryl methyl sites for hydroxylation is 1. The molecule has 0 spiro atoms. The lowest BCUT2D eigenvalue weighted by atomic mass is 10.3. The molecule has 0 fully saturated rings. The van der Waals surface area contributed by atoms with Crippen LogP contribution < -0.4 is 10.6 Å². The average Bonchev–Trinajstić information content (AvgIpc) is 3.00. The number of fused-ring (bicyclic) bond motifs is 1. The number of hydrogen-bond acceptors (Lipinski definition) is 3. The summed E-state index contributed by atoms with van der Waals surface area (Å²) in [7, 11) is 0. The average molecular weight is 349 g/mol. The highest BCUT2D eigenvalue weighted by atomic mass is 19.2. The fraction of sp³-hybridized carbons (Fsp3) is 0.188. The Hall–Kier alpha value is -3.10. The van der Waals surface area contributed by atoms with Gasteiger partial charge in [0.25, 0.3) is 0 Å². The van der Waals surface area contributed by atoms with Crippen molar-refractivity contribution in [3.8, 4) is 0 Å². The molecule has 2 amide bonds. The van der Waals surface area contributed by atoms with Crippen molar-refractivity contribution in [2.45, 2.75) is 12.8 Å². The van der Waals surface area contributed by atoms with Crippen molar-refractivity contribution in [1.82, 2.24) is 19.9 Å². The second-order valence-corrected chi connectivity index (χ2v) is 5.28. The van der Waals surface area contributed by atoms with Gasteiger partial charge in [0.05, 0.1) is 5.69 Å². The minimum absolute atomic E-state index is 0.291. The van der Waals surface area contributed by atoms with Crippen molar-refractivity contribution in [2.75, 3.05) is 11.9 Å². The van der Waals surface area contributed by atoms with Gasteiger partial charge in [-0.3, -0.25) is 4.40 Å². The van der Waals surface area contributed by atoms with Gasteiger partial charge >= 0.3 is 6.03 Å². The Morgan fingerprint density at radius 1 is 1.08 bits per heavy atom. The van der Waals surface area contributed by atoms with Crippen molar-refractivity contribution in [3.63, 3.8) is 0 Å². The Morgan fingerprint density at radius 2 is 1.88 bits per heavy atom. The van der Waals surface area contributed by atoms with Gasteiger partial charge in [-0.25, -0.2) is 18.0 Å². The number of amides is 2. The van der Waals surface area contributed by atoms with Gasteiger partial charge in [-0.1, -0.05) is 6.07 Å². The molecule has 0 unspecified atom stereocenters. The number of nitrogens with zero attached hydrogens (tertiary/aromatic N) is 3. The molecule has 0 saturated carbocycles. The topological polar surface area (TPSA) is 71.3 Å². The Bertz CT molecular complexity index is 912. The van der Waals surface area contributed by atoms with Gasteiger partial charge in [0, 0.05) is 31.3 Å². The van der Waals surface area contributed by atoms with E-state index in [0.717, 1.165) is 11.5 Å². The zero-order chi connectivity index (χ0) is 17.8. The van der Waals surface area contributed by atoms with E-state index >= 15 is 0 Å². The minimum Gasteiger partial charge on any atom is -0.338 e. The summed E-state index contributed by atoms with van der Waals surface area (Å²) in [5, 5.41) is 12.7. The number of carbonyl (C=O) groups excluding carboxylic acids is 1. The molecule has 3 rings (SSSR count). The predicted molar refractivity (Wildman–Crippen MR) is 84.6 cm³/mol. The van der Waals surface area contributed by atoms with E-state index in [1.165, 1.54) is 0 Å². The minimum atomic E-state index is -1.32. The number of rotatable bonds is 5. The number of pyridine rings is 1.